The van der Waals surface area contributed by atoms with Gasteiger partial charge in [-0.1, -0.05) is 13.8 Å². The molecule has 4 fully saturated rings. The molecule has 3 nitrogen and oxygen atoms in total. The van der Waals surface area contributed by atoms with Crippen LogP contribution in [-0.4, -0.2) is 35.6 Å². The molecule has 0 bridgehead atoms. The van der Waals surface area contributed by atoms with Crippen molar-refractivity contribution in [3.05, 3.63) is 0 Å². The average Bonchev–Trinajstić information content (AvgIpc) is 3.28. The van der Waals surface area contributed by atoms with Crippen LogP contribution in [0.5, 0.6) is 0 Å². The number of carbonyl (C=O) groups excluding carboxylic acids is 1. The Kier molecular flexibility index (Phi) is 2.62. The van der Waals surface area contributed by atoms with E-state index in [9.17, 15) is 4.79 Å². The van der Waals surface area contributed by atoms with E-state index in [1.165, 1.54) is 25.7 Å². The number of rotatable bonds is 5. The van der Waals surface area contributed by atoms with Crippen LogP contribution in [-0.2, 0) is 9.53 Å². The number of amides is 1. The van der Waals surface area contributed by atoms with Gasteiger partial charge in [-0.05, 0) is 55.8 Å². The van der Waals surface area contributed by atoms with Gasteiger partial charge in [-0.25, -0.2) is 0 Å². The Morgan fingerprint density at radius 3 is 2.35 bits per heavy atom. The molecule has 3 atom stereocenters. The fraction of sp³-hybridized carbons (Fsp3) is 0.941. The number of hydrogen-bond donors (Lipinski definition) is 0. The first kappa shape index (κ1) is 13.1. The highest BCUT2D eigenvalue weighted by Gasteiger charge is 2.62. The highest BCUT2D eigenvalue weighted by atomic mass is 16.5. The van der Waals surface area contributed by atoms with Gasteiger partial charge in [-0.3, -0.25) is 4.79 Å². The average molecular weight is 277 g/mol. The maximum atomic E-state index is 12.4. The first-order valence-corrected chi connectivity index (χ1v) is 8.38. The predicted octanol–water partition coefficient (Wildman–Crippen LogP) is 2.84. The van der Waals surface area contributed by atoms with Crippen molar-refractivity contribution in [2.75, 3.05) is 13.1 Å². The molecule has 3 aliphatic carbocycles. The van der Waals surface area contributed by atoms with Crippen LogP contribution in [0.2, 0.25) is 0 Å². The summed E-state index contributed by atoms with van der Waals surface area (Å²) in [4.78, 5) is 14.5. The second-order valence-corrected chi connectivity index (χ2v) is 8.30. The molecule has 2 unspecified atom stereocenters. The molecular formula is C17H27NO2. The normalized spacial score (nSPS) is 37.5. The van der Waals surface area contributed by atoms with Crippen molar-refractivity contribution in [2.45, 2.75) is 64.6 Å². The van der Waals surface area contributed by atoms with E-state index >= 15 is 0 Å². The standard InChI is InChI=1S/C17H27NO2/c1-11(20-17(6-7-17)12-4-5-12)8-15(19)18-9-13-14(10-18)16(13,2)3/h11-14H,4-10H2,1-3H3/t11-,13?,14?/m1/s1. The number of nitrogens with zero attached hydrogens (tertiary/aromatic N) is 1. The van der Waals surface area contributed by atoms with Gasteiger partial charge in [0.2, 0.25) is 5.91 Å². The van der Waals surface area contributed by atoms with Crippen molar-refractivity contribution in [3.63, 3.8) is 0 Å². The predicted molar refractivity (Wildman–Crippen MR) is 77.2 cm³/mol. The van der Waals surface area contributed by atoms with E-state index < -0.39 is 0 Å². The van der Waals surface area contributed by atoms with Gasteiger partial charge in [0.1, 0.15) is 0 Å². The summed E-state index contributed by atoms with van der Waals surface area (Å²) in [5, 5.41) is 0. The zero-order chi connectivity index (χ0) is 14.1. The zero-order valence-corrected chi connectivity index (χ0v) is 13.0. The lowest BCUT2D eigenvalue weighted by molar-refractivity contribution is -0.135. The van der Waals surface area contributed by atoms with Crippen LogP contribution in [0.4, 0.5) is 0 Å². The fourth-order valence-corrected chi connectivity index (χ4v) is 4.51. The third-order valence-corrected chi connectivity index (χ3v) is 6.44. The van der Waals surface area contributed by atoms with Crippen molar-refractivity contribution in [3.8, 4) is 0 Å². The van der Waals surface area contributed by atoms with Crippen LogP contribution in [0, 0.1) is 23.2 Å². The molecule has 0 aromatic carbocycles. The molecule has 0 radical (unpaired) electrons. The van der Waals surface area contributed by atoms with Gasteiger partial charge in [0.15, 0.2) is 0 Å². The second kappa shape index (κ2) is 4.00. The van der Waals surface area contributed by atoms with Crippen molar-refractivity contribution in [2.24, 2.45) is 23.2 Å². The summed E-state index contributed by atoms with van der Waals surface area (Å²) in [6.45, 7) is 8.72. The first-order chi connectivity index (χ1) is 9.42. The summed E-state index contributed by atoms with van der Waals surface area (Å²) in [5.41, 5.74) is 0.678. The molecule has 3 heteroatoms. The third-order valence-electron chi connectivity index (χ3n) is 6.44. The number of likely N-dealkylation sites (tertiary alicyclic amines) is 1. The van der Waals surface area contributed by atoms with E-state index in [0.29, 0.717) is 17.7 Å². The number of ether oxygens (including phenoxy) is 1. The lowest BCUT2D eigenvalue weighted by atomic mass is 10.1. The number of fused-ring (bicyclic) bond motifs is 1. The fourth-order valence-electron chi connectivity index (χ4n) is 4.51. The van der Waals surface area contributed by atoms with Crippen molar-refractivity contribution < 1.29 is 9.53 Å². The molecule has 4 aliphatic rings. The van der Waals surface area contributed by atoms with Crippen molar-refractivity contribution in [1.82, 2.24) is 4.90 Å². The Labute approximate surface area is 122 Å². The van der Waals surface area contributed by atoms with Gasteiger partial charge in [0.25, 0.3) is 0 Å². The summed E-state index contributed by atoms with van der Waals surface area (Å²) in [5.74, 6) is 2.63. The van der Waals surface area contributed by atoms with E-state index in [1.54, 1.807) is 0 Å². The molecule has 20 heavy (non-hydrogen) atoms. The van der Waals surface area contributed by atoms with E-state index in [4.69, 9.17) is 4.74 Å². The summed E-state index contributed by atoms with van der Waals surface area (Å²) in [6.07, 6.45) is 5.79. The molecule has 112 valence electrons. The molecule has 3 saturated carbocycles. The minimum absolute atomic E-state index is 0.0931. The SMILES string of the molecule is C[C@H](CC(=O)N1CC2C(C1)C2(C)C)OC1(C2CC2)CC1. The van der Waals surface area contributed by atoms with Gasteiger partial charge < -0.3 is 9.64 Å². The maximum absolute atomic E-state index is 12.4. The van der Waals surface area contributed by atoms with E-state index in [1.807, 2.05) is 0 Å². The maximum Gasteiger partial charge on any atom is 0.225 e. The number of hydrogen-bond acceptors (Lipinski definition) is 2. The molecular weight excluding hydrogens is 250 g/mol. The molecule has 0 aromatic heterocycles. The van der Waals surface area contributed by atoms with Crippen LogP contribution < -0.4 is 0 Å². The van der Waals surface area contributed by atoms with Crippen LogP contribution in [0.25, 0.3) is 0 Å². The summed E-state index contributed by atoms with van der Waals surface area (Å²) in [6, 6.07) is 0. The topological polar surface area (TPSA) is 29.5 Å². The lowest BCUT2D eigenvalue weighted by Crippen LogP contribution is -2.36. The Morgan fingerprint density at radius 1 is 1.25 bits per heavy atom. The highest BCUT2D eigenvalue weighted by molar-refractivity contribution is 5.77. The van der Waals surface area contributed by atoms with E-state index in [2.05, 4.69) is 25.7 Å². The molecule has 0 N–H and O–H groups in total. The van der Waals surface area contributed by atoms with Crippen LogP contribution >= 0.6 is 0 Å². The molecule has 1 amide bonds. The van der Waals surface area contributed by atoms with Gasteiger partial charge in [0, 0.05) is 13.1 Å². The van der Waals surface area contributed by atoms with Gasteiger partial charge in [-0.2, -0.15) is 0 Å². The van der Waals surface area contributed by atoms with E-state index in [-0.39, 0.29) is 11.7 Å². The number of piperidine rings is 1. The van der Waals surface area contributed by atoms with Gasteiger partial charge >= 0.3 is 0 Å². The Balaban J connectivity index is 1.26. The van der Waals surface area contributed by atoms with Crippen molar-refractivity contribution >= 4 is 5.91 Å². The quantitative estimate of drug-likeness (QED) is 0.773. The molecule has 4 rings (SSSR count). The molecule has 1 aliphatic heterocycles. The summed E-state index contributed by atoms with van der Waals surface area (Å²) >= 11 is 0. The summed E-state index contributed by atoms with van der Waals surface area (Å²) in [7, 11) is 0. The minimum atomic E-state index is 0.0931. The molecule has 0 spiro atoms. The smallest absolute Gasteiger partial charge is 0.225 e. The largest absolute Gasteiger partial charge is 0.371 e. The summed E-state index contributed by atoms with van der Waals surface area (Å²) < 4.78 is 6.23. The monoisotopic (exact) mass is 277 g/mol. The Hall–Kier alpha value is -0.570. The van der Waals surface area contributed by atoms with Crippen LogP contribution in [0.3, 0.4) is 0 Å². The Morgan fingerprint density at radius 2 is 1.85 bits per heavy atom. The first-order valence-electron chi connectivity index (χ1n) is 8.38. The minimum Gasteiger partial charge on any atom is -0.371 e. The molecule has 0 aromatic rings. The van der Waals surface area contributed by atoms with E-state index in [0.717, 1.165) is 30.8 Å². The second-order valence-electron chi connectivity index (χ2n) is 8.30. The van der Waals surface area contributed by atoms with Gasteiger partial charge in [0.05, 0.1) is 18.1 Å². The zero-order valence-electron chi connectivity index (χ0n) is 13.0. The van der Waals surface area contributed by atoms with Crippen LogP contribution in [0.15, 0.2) is 0 Å². The van der Waals surface area contributed by atoms with Gasteiger partial charge in [-0.15, -0.1) is 0 Å². The number of carbonyl (C=O) groups is 1. The highest BCUT2D eigenvalue weighted by Crippen LogP contribution is 2.62. The van der Waals surface area contributed by atoms with Crippen molar-refractivity contribution in [1.29, 1.82) is 0 Å². The molecule has 1 heterocycles. The Bertz CT molecular complexity index is 422. The third kappa shape index (κ3) is 2.01. The van der Waals surface area contributed by atoms with Crippen LogP contribution in [0.1, 0.15) is 52.9 Å². The lowest BCUT2D eigenvalue weighted by Gasteiger charge is -2.26. The molecule has 1 saturated heterocycles.